The Morgan fingerprint density at radius 2 is 0.755 bits per heavy atom. The van der Waals surface area contributed by atoms with E-state index < -0.39 is 26.5 Å². The molecule has 17 N–H and O–H groups in total. The minimum Gasteiger partial charge on any atom is -0.507 e. The molecule has 0 fully saturated rings. The maximum Gasteiger partial charge on any atom is 0.412 e. The van der Waals surface area contributed by atoms with Crippen molar-refractivity contribution in [3.05, 3.63) is 248 Å². The summed E-state index contributed by atoms with van der Waals surface area (Å²) in [6.45, 7) is 9.32. The second kappa shape index (κ2) is 33.5. The number of nitrogens with two attached hydrogens (primary N) is 7. The predicted octanol–water partition coefficient (Wildman–Crippen LogP) is 14.6. The van der Waals surface area contributed by atoms with Crippen LogP contribution in [0.4, 0.5) is 67.9 Å². The summed E-state index contributed by atoms with van der Waals surface area (Å²) in [6, 6.07) is 40.8. The van der Waals surface area contributed by atoms with Crippen molar-refractivity contribution in [2.24, 2.45) is 0 Å². The molecule has 0 unspecified atom stereocenters. The van der Waals surface area contributed by atoms with Crippen LogP contribution >= 0.6 is 11.6 Å². The number of amides is 1. The molecule has 14 rings (SSSR count). The third kappa shape index (κ3) is 18.4. The molecule has 0 saturated carbocycles. The number of pyridine rings is 9. The van der Waals surface area contributed by atoms with Crippen molar-refractivity contribution in [1.82, 2.24) is 44.9 Å². The quantitative estimate of drug-likeness (QED) is 0.0263. The summed E-state index contributed by atoms with van der Waals surface area (Å²) >= 11 is 5.46. The Kier molecular flexibility index (Phi) is 23.8. The molecule has 0 aliphatic rings. The highest BCUT2D eigenvalue weighted by molar-refractivity contribution is 6.33. The van der Waals surface area contributed by atoms with Gasteiger partial charge in [0.15, 0.2) is 5.75 Å². The van der Waals surface area contributed by atoms with Crippen LogP contribution in [0.15, 0.2) is 201 Å². The molecule has 9 heterocycles. The number of aromatic hydroxyl groups is 2. The number of nitrogen functional groups attached to an aromatic ring is 7. The van der Waals surface area contributed by atoms with Crippen molar-refractivity contribution in [2.45, 2.75) is 40.2 Å². The number of carbonyl (C=O) groups excluding carboxylic acids is 1. The topological polar surface area (TPSA) is 534 Å². The van der Waals surface area contributed by atoms with Crippen LogP contribution < -0.4 is 59.7 Å². The van der Waals surface area contributed by atoms with Crippen molar-refractivity contribution >= 4 is 135 Å². The standard InChI is InChI=1S/C15H12N4O3.C15H14N4O.C14H11N5O3.C14H16N2O3.C9H8N2O.C5H4ClN3O2/c1-9-4-5-11(10-3-2-7-17-13(9)10)22-12-6-8-18-15(16)14(12)19(20)21;1-9-4-5-11(10-3-2-7-18-14(9)10)20-12-6-8-19-15(17)13(12)16;15-9-3-4-10(8-2-1-6-17-12(8)9)22-11-5-7-18-14(16)13(11)19(20)21;1-14(2,3)19-13(18)16-10-6-7-11(17)9-5-4-8-15-12(9)10;10-7-3-4-8(12)6-2-1-5-11-9(6)7;6-3-1-2-8-5(7)4(3)9(10)11/h2-8H,1H3,(H2,16,18);2-8H,16H2,1H3,(H2,17,19);1-7H,15H2,(H2,16,18);4-8,17H,1-3H3,(H,16,18);1-5,12H,10H2;1-2H,(H2,7,8). The fourth-order valence-electron chi connectivity index (χ4n) is 9.84. The van der Waals surface area contributed by atoms with Crippen LogP contribution in [0, 0.1) is 44.2 Å². The lowest BCUT2D eigenvalue weighted by Crippen LogP contribution is -2.27. The van der Waals surface area contributed by atoms with Crippen LogP contribution in [0.2, 0.25) is 5.02 Å². The number of nitrogens with zero attached hydrogens (tertiary/aromatic N) is 12. The number of nitrogens with one attached hydrogen (secondary N) is 1. The number of fused-ring (bicyclic) bond motifs is 5. The van der Waals surface area contributed by atoms with Gasteiger partial charge in [-0.15, -0.1) is 0 Å². The summed E-state index contributed by atoms with van der Waals surface area (Å²) in [7, 11) is 0. The summed E-state index contributed by atoms with van der Waals surface area (Å²) in [5, 5.41) is 57.9. The third-order valence-corrected chi connectivity index (χ3v) is 15.0. The van der Waals surface area contributed by atoms with Gasteiger partial charge < -0.3 is 69.3 Å². The number of nitro groups is 3. The highest BCUT2D eigenvalue weighted by atomic mass is 35.5. The van der Waals surface area contributed by atoms with E-state index in [1.165, 1.54) is 42.9 Å². The first-order valence-corrected chi connectivity index (χ1v) is 31.5. The van der Waals surface area contributed by atoms with Crippen molar-refractivity contribution in [2.75, 3.05) is 45.5 Å². The SMILES string of the molecule is CC(C)(C)OC(=O)Nc1ccc(O)c2cccnc12.Cc1ccc(Oc2ccnc(N)c2N)c2cccnc12.Cc1ccc(Oc2ccnc(N)c2[N+](=O)[O-])c2cccnc12.Nc1ccc(O)c2cccnc12.Nc1nccc(Cl)c1[N+](=O)[O-].Nc1nccc(Oc2ccc(N)c3ncccc23)c1[N+](=O)[O-]. The number of ether oxygens (including phenoxy) is 4. The number of phenols is 2. The largest absolute Gasteiger partial charge is 0.507 e. The van der Waals surface area contributed by atoms with Crippen LogP contribution in [0.25, 0.3) is 54.5 Å². The van der Waals surface area contributed by atoms with Gasteiger partial charge in [-0.1, -0.05) is 23.7 Å². The van der Waals surface area contributed by atoms with Crippen molar-refractivity contribution in [3.63, 3.8) is 0 Å². The van der Waals surface area contributed by atoms with Gasteiger partial charge in [0.2, 0.25) is 29.0 Å². The van der Waals surface area contributed by atoms with Crippen LogP contribution in [0.5, 0.6) is 46.0 Å². The lowest BCUT2D eigenvalue weighted by molar-refractivity contribution is -0.385. The van der Waals surface area contributed by atoms with E-state index in [1.54, 1.807) is 143 Å². The second-order valence-corrected chi connectivity index (χ2v) is 23.6. The number of carbonyl (C=O) groups is 1. The number of halogens is 1. The van der Waals surface area contributed by atoms with Crippen molar-refractivity contribution in [1.29, 1.82) is 0 Å². The average molecular weight is 1450 g/mol. The molecule has 0 aliphatic carbocycles. The second-order valence-electron chi connectivity index (χ2n) is 23.1. The Balaban J connectivity index is 0.000000149. The lowest BCUT2D eigenvalue weighted by atomic mass is 10.1. The molecule has 0 aliphatic heterocycles. The first-order valence-electron chi connectivity index (χ1n) is 31.2. The Morgan fingerprint density at radius 1 is 0.406 bits per heavy atom. The number of hydrogen-bond acceptors (Lipinski definition) is 29. The zero-order valence-corrected chi connectivity index (χ0v) is 57.5. The van der Waals surface area contributed by atoms with Gasteiger partial charge in [0.25, 0.3) is 0 Å². The number of aryl methyl sites for hydroxylation is 2. The van der Waals surface area contributed by atoms with Gasteiger partial charge in [-0.25, -0.2) is 24.7 Å². The minimum atomic E-state index is -0.662. The molecular formula is C72H65ClN20O13. The monoisotopic (exact) mass is 1450 g/mol. The van der Waals surface area contributed by atoms with Crippen molar-refractivity contribution < 1.29 is 48.7 Å². The number of rotatable bonds is 10. The number of phenolic OH excluding ortho intramolecular Hbond substituents is 2. The lowest BCUT2D eigenvalue weighted by Gasteiger charge is -2.20. The summed E-state index contributed by atoms with van der Waals surface area (Å²) in [5.74, 6) is 2.15. The summed E-state index contributed by atoms with van der Waals surface area (Å²) in [5.41, 5.74) is 45.2. The molecule has 9 aromatic heterocycles. The Morgan fingerprint density at radius 3 is 1.19 bits per heavy atom. The van der Waals surface area contributed by atoms with Gasteiger partial charge in [0.1, 0.15) is 50.9 Å². The molecule has 538 valence electrons. The number of anilines is 8. The summed E-state index contributed by atoms with van der Waals surface area (Å²) < 4.78 is 22.4. The highest BCUT2D eigenvalue weighted by Crippen LogP contribution is 2.41. The Hall–Kier alpha value is -14.9. The summed E-state index contributed by atoms with van der Waals surface area (Å²) in [4.78, 5) is 78.3. The molecule has 14 aromatic rings. The Labute approximate surface area is 605 Å². The van der Waals surface area contributed by atoms with Gasteiger partial charge in [-0.2, -0.15) is 0 Å². The zero-order valence-electron chi connectivity index (χ0n) is 56.7. The first-order chi connectivity index (χ1) is 50.6. The van der Waals surface area contributed by atoms with E-state index in [-0.39, 0.29) is 68.4 Å². The van der Waals surface area contributed by atoms with Gasteiger partial charge in [0.05, 0.1) is 59.4 Å². The normalized spacial score (nSPS) is 10.6. The molecule has 0 saturated heterocycles. The smallest absolute Gasteiger partial charge is 0.412 e. The van der Waals surface area contributed by atoms with E-state index in [9.17, 15) is 45.4 Å². The first kappa shape index (κ1) is 75.3. The fraction of sp³-hybridized carbons (Fsp3) is 0.0833. The van der Waals surface area contributed by atoms with E-state index in [4.69, 9.17) is 70.7 Å². The van der Waals surface area contributed by atoms with Gasteiger partial charge in [-0.05, 0) is 161 Å². The van der Waals surface area contributed by atoms with Crippen LogP contribution in [-0.2, 0) is 4.74 Å². The number of hydrogen-bond donors (Lipinski definition) is 10. The molecule has 106 heavy (non-hydrogen) atoms. The average Bonchev–Trinajstić information content (AvgIpc) is 0.810. The number of aromatic nitrogens is 9. The Bertz CT molecular complexity index is 5420. The van der Waals surface area contributed by atoms with Crippen LogP contribution in [-0.4, -0.2) is 81.5 Å². The fourth-order valence-corrected chi connectivity index (χ4v) is 10.1. The molecule has 0 atom stereocenters. The maximum atomic E-state index is 11.7. The van der Waals surface area contributed by atoms with Crippen LogP contribution in [0.1, 0.15) is 31.9 Å². The van der Waals surface area contributed by atoms with Gasteiger partial charge in [0, 0.05) is 101 Å². The van der Waals surface area contributed by atoms with E-state index in [0.29, 0.717) is 78.5 Å². The molecule has 34 heteroatoms. The highest BCUT2D eigenvalue weighted by Gasteiger charge is 2.25. The minimum absolute atomic E-state index is 0.00231. The van der Waals surface area contributed by atoms with E-state index in [0.717, 1.165) is 32.9 Å². The van der Waals surface area contributed by atoms with Gasteiger partial charge >= 0.3 is 23.2 Å². The molecule has 0 spiro atoms. The molecule has 1 amide bonds. The van der Waals surface area contributed by atoms with Crippen LogP contribution in [0.3, 0.4) is 0 Å². The van der Waals surface area contributed by atoms with Gasteiger partial charge in [-0.3, -0.25) is 60.6 Å². The molecule has 0 radical (unpaired) electrons. The molecule has 33 nitrogen and oxygen atoms in total. The molecule has 0 bridgehead atoms. The summed E-state index contributed by atoms with van der Waals surface area (Å²) in [6.07, 6.45) is 13.3. The van der Waals surface area contributed by atoms with Crippen molar-refractivity contribution in [3.8, 4) is 46.0 Å². The third-order valence-electron chi connectivity index (χ3n) is 14.7. The maximum absolute atomic E-state index is 11.7. The predicted molar refractivity (Wildman–Crippen MR) is 404 cm³/mol. The molecule has 5 aromatic carbocycles. The zero-order chi connectivity index (χ0) is 76.5. The molecular weight excluding hydrogens is 1390 g/mol. The van der Waals surface area contributed by atoms with E-state index in [1.807, 2.05) is 50.2 Å². The number of benzene rings is 5. The van der Waals surface area contributed by atoms with E-state index in [2.05, 4.69) is 50.2 Å². The van der Waals surface area contributed by atoms with E-state index >= 15 is 0 Å².